The molecule has 0 spiro atoms. The molecule has 1 heterocycles. The summed E-state index contributed by atoms with van der Waals surface area (Å²) in [5.74, 6) is -0.647. The molecule has 2 atom stereocenters. The largest absolute Gasteiger partial charge is 0.376 e. The zero-order chi connectivity index (χ0) is 18.7. The summed E-state index contributed by atoms with van der Waals surface area (Å²) in [5, 5.41) is 0. The van der Waals surface area contributed by atoms with Gasteiger partial charge >= 0.3 is 0 Å². The predicted octanol–water partition coefficient (Wildman–Crippen LogP) is 3.35. The fourth-order valence-electron chi connectivity index (χ4n) is 4.29. The van der Waals surface area contributed by atoms with Gasteiger partial charge in [0.1, 0.15) is 11.6 Å². The van der Waals surface area contributed by atoms with Crippen LogP contribution in [0.25, 0.3) is 0 Å². The van der Waals surface area contributed by atoms with Gasteiger partial charge in [-0.05, 0) is 68.2 Å². The minimum Gasteiger partial charge on any atom is -0.376 e. The van der Waals surface area contributed by atoms with Gasteiger partial charge in [0.05, 0.1) is 18.8 Å². The molecule has 1 aromatic rings. The van der Waals surface area contributed by atoms with Crippen LogP contribution in [-0.4, -0.2) is 42.1 Å². The van der Waals surface area contributed by atoms with Gasteiger partial charge in [-0.15, -0.1) is 0 Å². The van der Waals surface area contributed by atoms with Crippen LogP contribution in [0.1, 0.15) is 56.9 Å². The molecule has 2 aliphatic rings. The summed E-state index contributed by atoms with van der Waals surface area (Å²) in [6, 6.07) is 3.55. The van der Waals surface area contributed by atoms with Gasteiger partial charge in [0, 0.05) is 19.5 Å². The summed E-state index contributed by atoms with van der Waals surface area (Å²) in [5.41, 5.74) is 6.67. The highest BCUT2D eigenvalue weighted by atomic mass is 19.1. The number of likely N-dealkylation sites (tertiary alicyclic amines) is 1. The van der Waals surface area contributed by atoms with Crippen LogP contribution in [0.3, 0.4) is 0 Å². The Balaban J connectivity index is 1.52. The Kier molecular flexibility index (Phi) is 6.24. The van der Waals surface area contributed by atoms with E-state index in [2.05, 4.69) is 0 Å². The number of carbonyl (C=O) groups excluding carboxylic acids is 1. The highest BCUT2D eigenvalue weighted by Gasteiger charge is 2.32. The van der Waals surface area contributed by atoms with Crippen molar-refractivity contribution in [2.45, 2.75) is 69.6 Å². The molecule has 26 heavy (non-hydrogen) atoms. The minimum absolute atomic E-state index is 0.0382. The maximum atomic E-state index is 14.0. The molecule has 1 saturated carbocycles. The summed E-state index contributed by atoms with van der Waals surface area (Å²) in [6.45, 7) is 2.76. The number of halogens is 2. The van der Waals surface area contributed by atoms with Crippen LogP contribution in [0, 0.1) is 11.6 Å². The molecule has 1 saturated heterocycles. The van der Waals surface area contributed by atoms with Gasteiger partial charge in [-0.3, -0.25) is 4.79 Å². The monoisotopic (exact) mass is 366 g/mol. The minimum atomic E-state index is -0.393. The maximum absolute atomic E-state index is 14.0. The Bertz CT molecular complexity index is 632. The van der Waals surface area contributed by atoms with Crippen molar-refractivity contribution in [3.63, 3.8) is 0 Å². The van der Waals surface area contributed by atoms with Gasteiger partial charge < -0.3 is 15.4 Å². The van der Waals surface area contributed by atoms with E-state index in [1.54, 1.807) is 6.92 Å². The Labute approximate surface area is 153 Å². The first kappa shape index (κ1) is 19.2. The van der Waals surface area contributed by atoms with Crippen LogP contribution in [0.2, 0.25) is 0 Å². The average Bonchev–Trinajstić information content (AvgIpc) is 2.63. The fourth-order valence-corrected chi connectivity index (χ4v) is 4.29. The average molecular weight is 366 g/mol. The summed E-state index contributed by atoms with van der Waals surface area (Å²) in [4.78, 5) is 13.6. The molecule has 1 aliphatic heterocycles. The molecule has 144 valence electrons. The maximum Gasteiger partial charge on any atom is 0.219 e. The predicted molar refractivity (Wildman–Crippen MR) is 95.7 cm³/mol. The number of carbonyl (C=O) groups is 1. The second kappa shape index (κ2) is 8.44. The number of piperidine rings is 1. The Morgan fingerprint density at radius 1 is 1.23 bits per heavy atom. The van der Waals surface area contributed by atoms with E-state index in [4.69, 9.17) is 10.5 Å². The highest BCUT2D eigenvalue weighted by Crippen LogP contribution is 2.35. The second-order valence-electron chi connectivity index (χ2n) is 7.56. The number of amides is 1. The molecule has 6 heteroatoms. The number of hydrogen-bond donors (Lipinski definition) is 1. The number of nitrogens with zero attached hydrogens (tertiary/aromatic N) is 1. The lowest BCUT2D eigenvalue weighted by Crippen LogP contribution is -2.56. The first-order valence-corrected chi connectivity index (χ1v) is 9.55. The lowest BCUT2D eigenvalue weighted by atomic mass is 9.82. The summed E-state index contributed by atoms with van der Waals surface area (Å²) < 4.78 is 33.4. The first-order chi connectivity index (χ1) is 12.5. The second-order valence-corrected chi connectivity index (χ2v) is 7.56. The molecule has 0 bridgehead atoms. The van der Waals surface area contributed by atoms with E-state index in [9.17, 15) is 13.6 Å². The van der Waals surface area contributed by atoms with Crippen molar-refractivity contribution in [3.05, 3.63) is 35.4 Å². The van der Waals surface area contributed by atoms with Crippen LogP contribution < -0.4 is 5.73 Å². The van der Waals surface area contributed by atoms with Gasteiger partial charge in [0.2, 0.25) is 5.91 Å². The van der Waals surface area contributed by atoms with E-state index in [0.29, 0.717) is 12.2 Å². The Hall–Kier alpha value is -1.53. The molecule has 2 N–H and O–H groups in total. The van der Waals surface area contributed by atoms with Crippen LogP contribution in [0.15, 0.2) is 18.2 Å². The number of rotatable bonds is 4. The smallest absolute Gasteiger partial charge is 0.219 e. The first-order valence-electron chi connectivity index (χ1n) is 9.55. The molecule has 1 aliphatic carbocycles. The van der Waals surface area contributed by atoms with Crippen molar-refractivity contribution < 1.29 is 18.3 Å². The van der Waals surface area contributed by atoms with Gasteiger partial charge in [-0.25, -0.2) is 8.78 Å². The zero-order valence-corrected chi connectivity index (χ0v) is 15.3. The van der Waals surface area contributed by atoms with E-state index in [1.165, 1.54) is 12.1 Å². The molecule has 3 rings (SSSR count). The van der Waals surface area contributed by atoms with Crippen LogP contribution in [-0.2, 0) is 9.53 Å². The molecule has 0 unspecified atom stereocenters. The lowest BCUT2D eigenvalue weighted by Gasteiger charge is -2.40. The summed E-state index contributed by atoms with van der Waals surface area (Å²) in [7, 11) is 0. The van der Waals surface area contributed by atoms with E-state index in [-0.39, 0.29) is 35.8 Å². The Morgan fingerprint density at radius 3 is 2.65 bits per heavy atom. The molecule has 2 fully saturated rings. The topological polar surface area (TPSA) is 55.6 Å². The highest BCUT2D eigenvalue weighted by molar-refractivity contribution is 5.73. The lowest BCUT2D eigenvalue weighted by molar-refractivity contribution is -0.135. The number of nitrogens with two attached hydrogens (primary N) is 1. The molecule has 0 radical (unpaired) electrons. The summed E-state index contributed by atoms with van der Waals surface area (Å²) >= 11 is 0. The molecular weight excluding hydrogens is 338 g/mol. The van der Waals surface area contributed by atoms with Crippen LogP contribution in [0.4, 0.5) is 8.78 Å². The fraction of sp³-hybridized carbons (Fsp3) is 0.650. The number of ether oxygens (including phenoxy) is 1. The van der Waals surface area contributed by atoms with Crippen molar-refractivity contribution in [3.8, 4) is 0 Å². The normalized spacial score (nSPS) is 29.6. The third-order valence-electron chi connectivity index (χ3n) is 5.81. The molecule has 0 aromatic heterocycles. The third kappa shape index (κ3) is 4.41. The molecule has 1 amide bonds. The van der Waals surface area contributed by atoms with Crippen molar-refractivity contribution in [2.24, 2.45) is 5.73 Å². The van der Waals surface area contributed by atoms with E-state index < -0.39 is 5.82 Å². The number of hydrogen-bond acceptors (Lipinski definition) is 3. The third-order valence-corrected chi connectivity index (χ3v) is 5.81. The molecular formula is C20H28F2N2O2. The number of benzene rings is 1. The van der Waals surface area contributed by atoms with E-state index >= 15 is 0 Å². The summed E-state index contributed by atoms with van der Waals surface area (Å²) in [6.07, 6.45) is 5.10. The van der Waals surface area contributed by atoms with E-state index in [0.717, 1.165) is 51.1 Å². The van der Waals surface area contributed by atoms with Crippen LogP contribution in [0.5, 0.6) is 0 Å². The van der Waals surface area contributed by atoms with Crippen molar-refractivity contribution >= 4 is 5.91 Å². The SMILES string of the molecule is CC(=O)N1CCC[C@H](N)[C@@H]1CO[C@H]1CC[C@@H](c2cc(F)ccc2F)CC1. The van der Waals surface area contributed by atoms with Crippen molar-refractivity contribution in [1.82, 2.24) is 4.90 Å². The van der Waals surface area contributed by atoms with Gasteiger partial charge in [-0.1, -0.05) is 0 Å². The van der Waals surface area contributed by atoms with E-state index in [1.807, 2.05) is 4.90 Å². The van der Waals surface area contributed by atoms with Crippen molar-refractivity contribution in [1.29, 1.82) is 0 Å². The van der Waals surface area contributed by atoms with Crippen molar-refractivity contribution in [2.75, 3.05) is 13.2 Å². The van der Waals surface area contributed by atoms with Gasteiger partial charge in [-0.2, -0.15) is 0 Å². The molecule has 4 nitrogen and oxygen atoms in total. The Morgan fingerprint density at radius 2 is 1.96 bits per heavy atom. The van der Waals surface area contributed by atoms with Gasteiger partial charge in [0.15, 0.2) is 0 Å². The zero-order valence-electron chi connectivity index (χ0n) is 15.3. The molecule has 1 aromatic carbocycles. The quantitative estimate of drug-likeness (QED) is 0.889. The standard InChI is InChI=1S/C20H28F2N2O2/c1-13(25)24-10-2-3-19(23)20(24)12-26-16-7-4-14(5-8-16)17-11-15(21)6-9-18(17)22/h6,9,11,14,16,19-20H,2-5,7-8,10,12,23H2,1H3/t14-,16+,19-,20-/m0/s1. The van der Waals surface area contributed by atoms with Crippen LogP contribution >= 0.6 is 0 Å². The van der Waals surface area contributed by atoms with Gasteiger partial charge in [0.25, 0.3) is 0 Å².